The molecule has 0 atom stereocenters. The molecule has 104 valence electrons. The fraction of sp³-hybridized carbons (Fsp3) is 0.500. The van der Waals surface area contributed by atoms with Gasteiger partial charge in [-0.05, 0) is 44.1 Å². The van der Waals surface area contributed by atoms with Crippen molar-refractivity contribution in [3.05, 3.63) is 23.2 Å². The molecule has 0 saturated carbocycles. The minimum absolute atomic E-state index is 0.0177. The van der Waals surface area contributed by atoms with Crippen LogP contribution in [0.5, 0.6) is 0 Å². The van der Waals surface area contributed by atoms with Gasteiger partial charge in [-0.15, -0.1) is 0 Å². The maximum Gasteiger partial charge on any atom is 0.238 e. The number of hydrogen-bond acceptors (Lipinski definition) is 3. The first-order valence-corrected chi connectivity index (χ1v) is 7.10. The van der Waals surface area contributed by atoms with Crippen LogP contribution in [0.15, 0.2) is 18.2 Å². The average Bonchev–Trinajstić information content (AvgIpc) is 2.61. The number of halogens is 1. The first kappa shape index (κ1) is 14.2. The van der Waals surface area contributed by atoms with Gasteiger partial charge in [0.1, 0.15) is 0 Å². The largest absolute Gasteiger partial charge is 0.397 e. The maximum absolute atomic E-state index is 12.0. The summed E-state index contributed by atoms with van der Waals surface area (Å²) in [6.45, 7) is 2.44. The molecule has 19 heavy (non-hydrogen) atoms. The van der Waals surface area contributed by atoms with Crippen LogP contribution in [0, 0.1) is 0 Å². The lowest BCUT2D eigenvalue weighted by Crippen LogP contribution is -2.34. The van der Waals surface area contributed by atoms with Gasteiger partial charge in [0.2, 0.25) is 5.91 Å². The van der Waals surface area contributed by atoms with E-state index >= 15 is 0 Å². The van der Waals surface area contributed by atoms with E-state index in [9.17, 15) is 4.79 Å². The summed E-state index contributed by atoms with van der Waals surface area (Å²) in [4.78, 5) is 14.2. The van der Waals surface area contributed by atoms with Crippen LogP contribution < -0.4 is 11.1 Å². The van der Waals surface area contributed by atoms with E-state index in [1.54, 1.807) is 18.2 Å². The molecule has 4 nitrogen and oxygen atoms in total. The standard InChI is InChI=1S/C14H20ClN3O/c15-11-5-6-13(12(16)9-11)17-14(19)10-18-7-3-1-2-4-8-18/h5-6,9H,1-4,7-8,10,16H2,(H,17,19). The summed E-state index contributed by atoms with van der Waals surface area (Å²) in [7, 11) is 0. The number of nitrogens with one attached hydrogen (secondary N) is 1. The van der Waals surface area contributed by atoms with Crippen LogP contribution in [0.2, 0.25) is 5.02 Å². The molecule has 0 unspecified atom stereocenters. The topological polar surface area (TPSA) is 58.4 Å². The highest BCUT2D eigenvalue weighted by atomic mass is 35.5. The number of anilines is 2. The third-order valence-electron chi connectivity index (χ3n) is 3.35. The SMILES string of the molecule is Nc1cc(Cl)ccc1NC(=O)CN1CCCCCC1. The Bertz CT molecular complexity index is 442. The Hall–Kier alpha value is -1.26. The van der Waals surface area contributed by atoms with Crippen LogP contribution in [0.3, 0.4) is 0 Å². The Morgan fingerprint density at radius 1 is 1.26 bits per heavy atom. The number of nitrogens with two attached hydrogens (primary N) is 1. The molecule has 0 spiro atoms. The smallest absolute Gasteiger partial charge is 0.238 e. The summed E-state index contributed by atoms with van der Waals surface area (Å²) < 4.78 is 0. The number of benzene rings is 1. The monoisotopic (exact) mass is 281 g/mol. The molecule has 5 heteroatoms. The third-order valence-corrected chi connectivity index (χ3v) is 3.59. The molecule has 0 bridgehead atoms. The lowest BCUT2D eigenvalue weighted by atomic mass is 10.2. The zero-order valence-corrected chi connectivity index (χ0v) is 11.7. The van der Waals surface area contributed by atoms with E-state index in [1.165, 1.54) is 25.7 Å². The van der Waals surface area contributed by atoms with Crippen LogP contribution in [-0.2, 0) is 4.79 Å². The minimum Gasteiger partial charge on any atom is -0.397 e. The third kappa shape index (κ3) is 4.40. The number of likely N-dealkylation sites (tertiary alicyclic amines) is 1. The zero-order chi connectivity index (χ0) is 13.7. The molecular formula is C14H20ClN3O. The van der Waals surface area contributed by atoms with Gasteiger partial charge in [0.25, 0.3) is 0 Å². The van der Waals surface area contributed by atoms with Crippen molar-refractivity contribution in [2.75, 3.05) is 30.7 Å². The molecule has 0 aromatic heterocycles. The molecule has 1 amide bonds. The summed E-state index contributed by atoms with van der Waals surface area (Å²) in [5, 5.41) is 3.41. The predicted molar refractivity (Wildman–Crippen MR) is 79.4 cm³/mol. The number of rotatable bonds is 3. The van der Waals surface area contributed by atoms with Gasteiger partial charge in [0.15, 0.2) is 0 Å². The molecule has 0 radical (unpaired) electrons. The molecule has 1 aliphatic heterocycles. The molecule has 1 aromatic rings. The van der Waals surface area contributed by atoms with Gasteiger partial charge in [0, 0.05) is 5.02 Å². The van der Waals surface area contributed by atoms with Gasteiger partial charge in [-0.25, -0.2) is 0 Å². The Kier molecular flexibility index (Phi) is 5.05. The number of nitrogen functional groups attached to an aromatic ring is 1. The van der Waals surface area contributed by atoms with Crippen molar-refractivity contribution in [1.29, 1.82) is 0 Å². The second-order valence-electron chi connectivity index (χ2n) is 4.97. The minimum atomic E-state index is -0.0177. The van der Waals surface area contributed by atoms with Crippen molar-refractivity contribution < 1.29 is 4.79 Å². The molecule has 1 aromatic carbocycles. The van der Waals surface area contributed by atoms with Crippen LogP contribution >= 0.6 is 11.6 Å². The van der Waals surface area contributed by atoms with E-state index < -0.39 is 0 Å². The van der Waals surface area contributed by atoms with Gasteiger partial charge in [-0.2, -0.15) is 0 Å². The number of nitrogens with zero attached hydrogens (tertiary/aromatic N) is 1. The van der Waals surface area contributed by atoms with Crippen LogP contribution in [0.1, 0.15) is 25.7 Å². The highest BCUT2D eigenvalue weighted by Gasteiger charge is 2.13. The van der Waals surface area contributed by atoms with Crippen molar-refractivity contribution in [2.45, 2.75) is 25.7 Å². The Morgan fingerprint density at radius 2 is 1.95 bits per heavy atom. The molecule has 1 heterocycles. The van der Waals surface area contributed by atoms with E-state index in [0.717, 1.165) is 13.1 Å². The second kappa shape index (κ2) is 6.78. The van der Waals surface area contributed by atoms with Crippen molar-refractivity contribution in [3.8, 4) is 0 Å². The van der Waals surface area contributed by atoms with Crippen molar-refractivity contribution in [3.63, 3.8) is 0 Å². The number of carbonyl (C=O) groups excluding carboxylic acids is 1. The van der Waals surface area contributed by atoms with Crippen LogP contribution in [0.25, 0.3) is 0 Å². The Morgan fingerprint density at radius 3 is 2.58 bits per heavy atom. The Balaban J connectivity index is 1.89. The fourth-order valence-electron chi connectivity index (χ4n) is 2.33. The zero-order valence-electron chi connectivity index (χ0n) is 11.0. The number of hydrogen-bond donors (Lipinski definition) is 2. The van der Waals surface area contributed by atoms with Gasteiger partial charge >= 0.3 is 0 Å². The van der Waals surface area contributed by atoms with E-state index in [-0.39, 0.29) is 5.91 Å². The summed E-state index contributed by atoms with van der Waals surface area (Å²) in [6.07, 6.45) is 4.89. The van der Waals surface area contributed by atoms with E-state index in [4.69, 9.17) is 17.3 Å². The summed E-state index contributed by atoms with van der Waals surface area (Å²) >= 11 is 5.83. The van der Waals surface area contributed by atoms with Crippen molar-refractivity contribution in [2.24, 2.45) is 0 Å². The lowest BCUT2D eigenvalue weighted by molar-refractivity contribution is -0.117. The van der Waals surface area contributed by atoms with E-state index in [0.29, 0.717) is 22.9 Å². The molecular weight excluding hydrogens is 262 g/mol. The van der Waals surface area contributed by atoms with Crippen LogP contribution in [0.4, 0.5) is 11.4 Å². The highest BCUT2D eigenvalue weighted by molar-refractivity contribution is 6.31. The molecule has 2 rings (SSSR count). The Labute approximate surface area is 118 Å². The summed E-state index contributed by atoms with van der Waals surface area (Å²) in [6, 6.07) is 5.10. The van der Waals surface area contributed by atoms with E-state index in [2.05, 4.69) is 10.2 Å². The van der Waals surface area contributed by atoms with Gasteiger partial charge < -0.3 is 11.1 Å². The number of amides is 1. The molecule has 3 N–H and O–H groups in total. The number of carbonyl (C=O) groups is 1. The predicted octanol–water partition coefficient (Wildman–Crippen LogP) is 2.74. The molecule has 1 fully saturated rings. The molecule has 1 aliphatic rings. The van der Waals surface area contributed by atoms with Crippen molar-refractivity contribution >= 4 is 28.9 Å². The van der Waals surface area contributed by atoms with Gasteiger partial charge in [-0.3, -0.25) is 9.69 Å². The van der Waals surface area contributed by atoms with E-state index in [1.807, 2.05) is 0 Å². The maximum atomic E-state index is 12.0. The second-order valence-corrected chi connectivity index (χ2v) is 5.41. The lowest BCUT2D eigenvalue weighted by Gasteiger charge is -2.19. The van der Waals surface area contributed by atoms with Gasteiger partial charge in [-0.1, -0.05) is 24.4 Å². The highest BCUT2D eigenvalue weighted by Crippen LogP contribution is 2.22. The normalized spacial score (nSPS) is 16.9. The van der Waals surface area contributed by atoms with Gasteiger partial charge in [0.05, 0.1) is 17.9 Å². The fourth-order valence-corrected chi connectivity index (χ4v) is 2.52. The quantitative estimate of drug-likeness (QED) is 0.838. The molecule has 1 saturated heterocycles. The average molecular weight is 282 g/mol. The summed E-state index contributed by atoms with van der Waals surface area (Å²) in [5.74, 6) is -0.0177. The molecule has 0 aliphatic carbocycles. The summed E-state index contributed by atoms with van der Waals surface area (Å²) in [5.41, 5.74) is 6.94. The first-order valence-electron chi connectivity index (χ1n) is 6.72. The first-order chi connectivity index (χ1) is 9.15. The van der Waals surface area contributed by atoms with Crippen molar-refractivity contribution in [1.82, 2.24) is 4.90 Å². The van der Waals surface area contributed by atoms with Crippen LogP contribution in [-0.4, -0.2) is 30.4 Å².